The fraction of sp³-hybridized carbons (Fsp3) is 0.894. The Kier molecular flexibility index (Phi) is 36.5. The van der Waals surface area contributed by atoms with Gasteiger partial charge in [0.05, 0.1) is 115 Å². The van der Waals surface area contributed by atoms with E-state index >= 15 is 4.79 Å². The van der Waals surface area contributed by atoms with Gasteiger partial charge < -0.3 is 160 Å². The zero-order chi connectivity index (χ0) is 109. The standard InChI is InChI=1S/C113H180O37/c1-55(2)56(3)39-85(118)143-83-51-81-104(16)31-29-73(141-89-45-75(127-21)99(61(8)135-89)147-93-49-79(131-25)101(65(12)139-93)149-91-47-77(129-23)97(63(10)137-91)145-87-41-69(53-114)95(120)59(6)133-87)43-71(104)27-33-110(81,123)112(125)37-36-109(122,68(15)117)107(83,19)103(112)58(5)57(4)40-86(119)144-84-52-82-105(17)32-30-74(44-72(105)28-34-111(82,124)113(126)38-35-106(18,67(14)116)108(84,113)20)142-90-46-76(128-22)100(62(9)136-90)148-94-50-80(132-26)102(66(13)140-94)150-92-48-78(130-24)98(64(11)138-92)146-88-42-70(54-115)96(121)60(7)134-88/h27-28,39-40,55,58-66,69-70,73-84,87-103,114-115,120-126H,29-38,41-54H2,1-26H3/b56-39+,57-40+/t58?,59?,60?,61?,62?,63?,64?,65?,66?,69?,70?,73?,74?,75?,76?,77?,78?,79?,80?,81?,82?,83-,84-,87?,88?,89?,90?,91?,92?,93?,94?,95?,96?,97?,98?,99?,100?,101?,102?,103?,104+,105+,106+,107+,108-,109-,110+,111+,112-,113-/m1/s1. The van der Waals surface area contributed by atoms with Crippen LogP contribution in [0.2, 0.25) is 0 Å². The molecule has 0 radical (unpaired) electrons. The largest absolute Gasteiger partial charge is 0.458 e. The van der Waals surface area contributed by atoms with E-state index in [-0.39, 0.29) is 82.4 Å². The van der Waals surface area contributed by atoms with Crippen molar-refractivity contribution in [2.45, 2.75) is 517 Å². The number of hydrogen-bond acceptors (Lipinski definition) is 37. The lowest BCUT2D eigenvalue weighted by molar-refractivity contribution is -0.346. The average Bonchev–Trinajstić information content (AvgIpc) is 1.46. The minimum absolute atomic E-state index is 0.0201. The van der Waals surface area contributed by atoms with E-state index < -0.39 is 311 Å². The number of fused-ring (bicyclic) bond motifs is 11. The quantitative estimate of drug-likeness (QED) is 0.0167. The Morgan fingerprint density at radius 1 is 0.387 bits per heavy atom. The third-order valence-corrected chi connectivity index (χ3v) is 40.8. The molecule has 150 heavy (non-hydrogen) atoms. The van der Waals surface area contributed by atoms with Crippen molar-refractivity contribution in [3.8, 4) is 0 Å². The van der Waals surface area contributed by atoms with Gasteiger partial charge in [0.15, 0.2) is 56.1 Å². The molecule has 38 unspecified atom stereocenters. The summed E-state index contributed by atoms with van der Waals surface area (Å²) in [7, 11) is 9.71. The Morgan fingerprint density at radius 2 is 0.707 bits per heavy atom. The summed E-state index contributed by atoms with van der Waals surface area (Å²) in [6, 6.07) is 0. The lowest BCUT2D eigenvalue weighted by atomic mass is 9.41. The highest BCUT2D eigenvalue weighted by Gasteiger charge is 2.82. The highest BCUT2D eigenvalue weighted by molar-refractivity contribution is 5.88. The number of carbonyl (C=O) groups excluding carboxylic acids is 4. The zero-order valence-corrected chi connectivity index (χ0v) is 93.4. The molecule has 8 aliphatic heterocycles. The predicted octanol–water partition coefficient (Wildman–Crippen LogP) is 10.3. The number of hydrogen-bond donors (Lipinski definition) is 9. The van der Waals surface area contributed by atoms with Crippen molar-refractivity contribution >= 4 is 23.5 Å². The van der Waals surface area contributed by atoms with Crippen molar-refractivity contribution in [3.05, 3.63) is 46.6 Å². The van der Waals surface area contributed by atoms with Crippen molar-refractivity contribution in [1.29, 1.82) is 0 Å². The molecule has 37 nitrogen and oxygen atoms in total. The molecule has 50 atom stereocenters. The lowest BCUT2D eigenvalue weighted by Gasteiger charge is -2.67. The number of ether oxygens (including phenoxy) is 24. The maximum Gasteiger partial charge on any atom is 0.330 e. The van der Waals surface area contributed by atoms with Gasteiger partial charge >= 0.3 is 11.9 Å². The van der Waals surface area contributed by atoms with E-state index in [0.29, 0.717) is 101 Å². The van der Waals surface area contributed by atoms with Crippen LogP contribution in [0.3, 0.4) is 0 Å². The van der Waals surface area contributed by atoms with E-state index in [4.69, 9.17) is 114 Å². The predicted molar refractivity (Wildman–Crippen MR) is 538 cm³/mol. The minimum Gasteiger partial charge on any atom is -0.458 e. The maximum absolute atomic E-state index is 15.8. The van der Waals surface area contributed by atoms with Gasteiger partial charge in [-0.25, -0.2) is 9.59 Å². The topological polar surface area (TPSA) is 472 Å². The van der Waals surface area contributed by atoms with Gasteiger partial charge in [0.25, 0.3) is 0 Å². The summed E-state index contributed by atoms with van der Waals surface area (Å²) in [4.78, 5) is 60.2. The molecule has 8 aliphatic carbocycles. The van der Waals surface area contributed by atoms with Crippen LogP contribution in [0.4, 0.5) is 0 Å². The molecule has 9 N–H and O–H groups in total. The first kappa shape index (κ1) is 118. The second-order valence-corrected chi connectivity index (χ2v) is 48.9. The normalized spacial score (nSPS) is 50.2. The van der Waals surface area contributed by atoms with E-state index in [1.807, 2.05) is 74.5 Å². The molecular formula is C113H180O37. The molecular weight excluding hydrogens is 1950 g/mol. The Balaban J connectivity index is 0.582. The number of rotatable bonds is 33. The summed E-state index contributed by atoms with van der Waals surface area (Å²) < 4.78 is 156. The van der Waals surface area contributed by atoms with Crippen LogP contribution >= 0.6 is 0 Å². The van der Waals surface area contributed by atoms with Crippen molar-refractivity contribution < 1.29 is 179 Å². The Labute approximate surface area is 885 Å². The van der Waals surface area contributed by atoms with Crippen LogP contribution in [0, 0.1) is 68.5 Å². The number of allylic oxidation sites excluding steroid dienone is 2. The lowest BCUT2D eigenvalue weighted by Crippen LogP contribution is -2.76. The van der Waals surface area contributed by atoms with Gasteiger partial charge in [-0.3, -0.25) is 9.59 Å². The van der Waals surface area contributed by atoms with Crippen molar-refractivity contribution in [3.63, 3.8) is 0 Å². The Bertz CT molecular complexity index is 4770. The zero-order valence-electron chi connectivity index (χ0n) is 93.4. The fourth-order valence-electron chi connectivity index (χ4n) is 31.0. The fourth-order valence-corrected chi connectivity index (χ4v) is 31.0. The van der Waals surface area contributed by atoms with Gasteiger partial charge in [-0.1, -0.05) is 89.8 Å². The van der Waals surface area contributed by atoms with Crippen LogP contribution in [-0.4, -0.2) is 362 Å². The molecule has 0 amide bonds. The molecule has 37 heteroatoms. The SMILES string of the molecule is COC1CC(OC2C(C)OC(OC3C(C)OC(OC4CC[C@@]5(C)C(=CC[C@]6(O)C5C[C@@H](OC(=O)/C=C(\C)C(C)C5[C@]7(O)CC[C@@](O)(C(C)=O)[C@@]5(C)[C@H](OC(=O)/C=C(\C)C(C)C)CC5[C@@]8(C)CCC(OC9CC(OC)C(OC%10CC(OC)C(OC%11CC(OC)C(OC%12CC(CO)C(O)C(C)O%12)C(C)O%11)C(C)O%10)C(C)O9)CC8=CC[C@]57O)[C@@]5(C)[C@]6(O)CC[C@@]5(C)C(C)=O)C4)CC3OC)CC2OC)OC(C)C1OC1CC(CO)C(O)C(C)O1. The molecule has 8 heterocycles. The van der Waals surface area contributed by atoms with E-state index in [1.165, 1.54) is 26.0 Å². The minimum atomic E-state index is -2.29. The maximum atomic E-state index is 15.8. The molecule has 0 spiro atoms. The van der Waals surface area contributed by atoms with Gasteiger partial charge in [-0.05, 0) is 196 Å². The number of carbonyl (C=O) groups is 4. The number of aliphatic hydroxyl groups excluding tert-OH is 4. The number of ketones is 2. The van der Waals surface area contributed by atoms with E-state index in [9.17, 15) is 60.3 Å². The van der Waals surface area contributed by atoms with Gasteiger partial charge in [0.2, 0.25) is 0 Å². The number of aliphatic hydroxyl groups is 9. The van der Waals surface area contributed by atoms with Crippen LogP contribution in [-0.2, 0) is 133 Å². The van der Waals surface area contributed by atoms with E-state index in [1.54, 1.807) is 91.1 Å². The molecule has 0 aromatic rings. The highest BCUT2D eigenvalue weighted by Crippen LogP contribution is 2.75. The monoisotopic (exact) mass is 2130 g/mol. The summed E-state index contributed by atoms with van der Waals surface area (Å²) in [5.74, 6) is -7.29. The molecule has 16 aliphatic rings. The van der Waals surface area contributed by atoms with Crippen molar-refractivity contribution in [2.75, 3.05) is 55.9 Å². The molecule has 0 aromatic carbocycles. The Morgan fingerprint density at radius 3 is 1.05 bits per heavy atom. The molecule has 854 valence electrons. The summed E-state index contributed by atoms with van der Waals surface area (Å²) in [6.45, 7) is 35.9. The van der Waals surface area contributed by atoms with Crippen LogP contribution in [0.5, 0.6) is 0 Å². The summed E-state index contributed by atoms with van der Waals surface area (Å²) in [5.41, 5.74) is -13.8. The smallest absolute Gasteiger partial charge is 0.330 e. The van der Waals surface area contributed by atoms with Crippen LogP contribution in [0.1, 0.15) is 280 Å². The van der Waals surface area contributed by atoms with Gasteiger partial charge in [0.1, 0.15) is 77.0 Å². The van der Waals surface area contributed by atoms with Crippen LogP contribution in [0.15, 0.2) is 46.6 Å². The molecule has 14 fully saturated rings. The first-order chi connectivity index (χ1) is 70.7. The van der Waals surface area contributed by atoms with Gasteiger partial charge in [0, 0.05) is 165 Å². The number of esters is 2. The van der Waals surface area contributed by atoms with Crippen LogP contribution < -0.4 is 0 Å². The summed E-state index contributed by atoms with van der Waals surface area (Å²) in [6.07, 6.45) is -9.70. The third-order valence-electron chi connectivity index (χ3n) is 40.8. The van der Waals surface area contributed by atoms with E-state index in [0.717, 1.165) is 11.1 Å². The Hall–Kier alpha value is -4.00. The highest BCUT2D eigenvalue weighted by atomic mass is 16.8. The second-order valence-electron chi connectivity index (χ2n) is 48.9. The summed E-state index contributed by atoms with van der Waals surface area (Å²) in [5, 5.41) is 112. The van der Waals surface area contributed by atoms with E-state index in [2.05, 4.69) is 13.8 Å². The summed E-state index contributed by atoms with van der Waals surface area (Å²) >= 11 is 0. The molecule has 0 aromatic heterocycles. The number of Topliss-reactive ketones (excluding diaryl/α,β-unsaturated/α-hetero) is 2. The first-order valence-electron chi connectivity index (χ1n) is 55.7. The van der Waals surface area contributed by atoms with Gasteiger partial charge in [-0.2, -0.15) is 0 Å². The number of methoxy groups -OCH3 is 6. The second kappa shape index (κ2) is 46.2. The molecule has 2 bridgehead atoms. The third kappa shape index (κ3) is 21.4. The van der Waals surface area contributed by atoms with Gasteiger partial charge in [-0.15, -0.1) is 0 Å². The van der Waals surface area contributed by atoms with Crippen LogP contribution in [0.25, 0.3) is 0 Å². The average molecular weight is 2130 g/mol. The molecule has 6 saturated carbocycles. The molecule has 8 saturated heterocycles. The van der Waals surface area contributed by atoms with Crippen molar-refractivity contribution in [1.82, 2.24) is 0 Å². The molecule has 16 rings (SSSR count). The first-order valence-corrected chi connectivity index (χ1v) is 55.7. The van der Waals surface area contributed by atoms with Crippen molar-refractivity contribution in [2.24, 2.45) is 68.5 Å².